The van der Waals surface area contributed by atoms with Gasteiger partial charge in [0.15, 0.2) is 5.11 Å². The summed E-state index contributed by atoms with van der Waals surface area (Å²) >= 11 is 5.81. The molecule has 4 aromatic rings. The lowest BCUT2D eigenvalue weighted by molar-refractivity contribution is 0.0696. The summed E-state index contributed by atoms with van der Waals surface area (Å²) in [5.74, 6) is 1.59. The minimum atomic E-state index is -0.970. The molecule has 1 aliphatic rings. The van der Waals surface area contributed by atoms with Gasteiger partial charge in [-0.3, -0.25) is 4.98 Å². The Morgan fingerprint density at radius 1 is 1.08 bits per heavy atom. The summed E-state index contributed by atoms with van der Waals surface area (Å²) < 4.78 is 17.5. The predicted molar refractivity (Wildman–Crippen MR) is 143 cm³/mol. The number of ether oxygens (including phenoxy) is 2. The Balaban J connectivity index is 1.61. The normalized spacial score (nSPS) is 16.9. The van der Waals surface area contributed by atoms with E-state index in [2.05, 4.69) is 10.3 Å². The standard InChI is InChI=1S/C28H25N3O5S/c1-16-14-17(27(32)33)7-9-19(16)22-11-12-23(36-22)26-25(20-6-4-5-13-29-20)30-28(37)31(26)21-10-8-18(34-2)15-24(21)35-3/h4-15,25-26H,1-3H3,(H,30,37)(H,32,33)/t25-,26+/m0/s1. The van der Waals surface area contributed by atoms with Crippen LogP contribution in [0.5, 0.6) is 11.5 Å². The van der Waals surface area contributed by atoms with Crippen molar-refractivity contribution < 1.29 is 23.8 Å². The zero-order valence-electron chi connectivity index (χ0n) is 20.5. The molecular weight excluding hydrogens is 490 g/mol. The third kappa shape index (κ3) is 4.49. The number of thiocarbonyl (C=S) groups is 1. The van der Waals surface area contributed by atoms with Crippen LogP contribution in [0.2, 0.25) is 0 Å². The highest BCUT2D eigenvalue weighted by molar-refractivity contribution is 7.80. The first kappa shape index (κ1) is 24.3. The summed E-state index contributed by atoms with van der Waals surface area (Å²) in [6, 6.07) is 19.4. The number of methoxy groups -OCH3 is 2. The predicted octanol–water partition coefficient (Wildman–Crippen LogP) is 5.54. The molecule has 0 bridgehead atoms. The second-order valence-electron chi connectivity index (χ2n) is 8.57. The number of carboxylic acid groups (broad SMARTS) is 1. The van der Waals surface area contributed by atoms with Crippen LogP contribution in [0.3, 0.4) is 0 Å². The van der Waals surface area contributed by atoms with Crippen LogP contribution in [0.15, 0.2) is 77.3 Å². The van der Waals surface area contributed by atoms with Gasteiger partial charge in [-0.1, -0.05) is 12.1 Å². The SMILES string of the molecule is COc1ccc(N2C(=S)N[C@@H](c3ccccn3)[C@H]2c2ccc(-c3ccc(C(=O)O)cc3C)o2)c(OC)c1. The lowest BCUT2D eigenvalue weighted by Crippen LogP contribution is -2.29. The first-order valence-electron chi connectivity index (χ1n) is 11.6. The highest BCUT2D eigenvalue weighted by Crippen LogP contribution is 2.46. The Bertz CT molecular complexity index is 1470. The first-order chi connectivity index (χ1) is 17.9. The van der Waals surface area contributed by atoms with Crippen LogP contribution in [0, 0.1) is 6.92 Å². The summed E-state index contributed by atoms with van der Waals surface area (Å²) in [6.07, 6.45) is 1.74. The van der Waals surface area contributed by atoms with Crippen molar-refractivity contribution in [1.82, 2.24) is 10.3 Å². The quantitative estimate of drug-likeness (QED) is 0.307. The molecule has 2 atom stereocenters. The Labute approximate surface area is 219 Å². The van der Waals surface area contributed by atoms with E-state index < -0.39 is 5.97 Å². The first-order valence-corrected chi connectivity index (χ1v) is 12.0. The minimum Gasteiger partial charge on any atom is -0.497 e. The van der Waals surface area contributed by atoms with Gasteiger partial charge in [0.2, 0.25) is 0 Å². The Morgan fingerprint density at radius 2 is 1.92 bits per heavy atom. The monoisotopic (exact) mass is 515 g/mol. The third-order valence-electron chi connectivity index (χ3n) is 6.40. The largest absolute Gasteiger partial charge is 0.497 e. The van der Waals surface area contributed by atoms with E-state index in [4.69, 9.17) is 26.1 Å². The number of aromatic nitrogens is 1. The molecule has 0 aliphatic carbocycles. The molecule has 2 aromatic carbocycles. The van der Waals surface area contributed by atoms with E-state index in [0.717, 1.165) is 22.5 Å². The van der Waals surface area contributed by atoms with Gasteiger partial charge in [-0.25, -0.2) is 4.79 Å². The van der Waals surface area contributed by atoms with Crippen LogP contribution >= 0.6 is 12.2 Å². The van der Waals surface area contributed by atoms with Crippen molar-refractivity contribution in [2.24, 2.45) is 0 Å². The number of rotatable bonds is 7. The van der Waals surface area contributed by atoms with Gasteiger partial charge in [-0.05, 0) is 73.2 Å². The highest BCUT2D eigenvalue weighted by atomic mass is 32.1. The summed E-state index contributed by atoms with van der Waals surface area (Å²) in [5.41, 5.74) is 3.41. The number of carbonyl (C=O) groups is 1. The fraction of sp³-hybridized carbons (Fsp3) is 0.179. The molecule has 2 aromatic heterocycles. The molecule has 8 nitrogen and oxygen atoms in total. The van der Waals surface area contributed by atoms with Crippen molar-refractivity contribution in [3.8, 4) is 22.8 Å². The lowest BCUT2D eigenvalue weighted by atomic mass is 10.0. The second kappa shape index (κ2) is 9.94. The van der Waals surface area contributed by atoms with Crippen LogP contribution in [-0.4, -0.2) is 35.4 Å². The fourth-order valence-corrected chi connectivity index (χ4v) is 4.96. The van der Waals surface area contributed by atoms with Crippen LogP contribution < -0.4 is 19.7 Å². The maximum atomic E-state index is 11.4. The van der Waals surface area contributed by atoms with E-state index in [1.807, 2.05) is 60.4 Å². The van der Waals surface area contributed by atoms with Crippen molar-refractivity contribution in [3.63, 3.8) is 0 Å². The van der Waals surface area contributed by atoms with Gasteiger partial charge in [0.1, 0.15) is 29.1 Å². The molecule has 5 rings (SSSR count). The number of hydrogen-bond acceptors (Lipinski definition) is 6. The van der Waals surface area contributed by atoms with Crippen molar-refractivity contribution in [2.75, 3.05) is 19.1 Å². The summed E-state index contributed by atoms with van der Waals surface area (Å²) in [5, 5.41) is 13.2. The molecule has 0 amide bonds. The van der Waals surface area contributed by atoms with Gasteiger partial charge >= 0.3 is 5.97 Å². The number of anilines is 1. The molecule has 0 unspecified atom stereocenters. The van der Waals surface area contributed by atoms with Crippen molar-refractivity contribution in [3.05, 3.63) is 95.5 Å². The molecular formula is C28H25N3O5S. The number of carboxylic acids is 1. The molecule has 1 fully saturated rings. The molecule has 2 N–H and O–H groups in total. The van der Waals surface area contributed by atoms with Crippen LogP contribution in [0.1, 0.15) is 39.5 Å². The van der Waals surface area contributed by atoms with Gasteiger partial charge in [0.25, 0.3) is 0 Å². The van der Waals surface area contributed by atoms with E-state index in [1.54, 1.807) is 38.6 Å². The average Bonchev–Trinajstić information content (AvgIpc) is 3.53. The number of nitrogens with one attached hydrogen (secondary N) is 1. The number of furan rings is 1. The van der Waals surface area contributed by atoms with E-state index in [0.29, 0.717) is 28.1 Å². The van der Waals surface area contributed by atoms with Gasteiger partial charge in [-0.2, -0.15) is 0 Å². The number of aryl methyl sites for hydroxylation is 1. The Morgan fingerprint density at radius 3 is 2.59 bits per heavy atom. The molecule has 188 valence electrons. The Hall–Kier alpha value is -4.37. The van der Waals surface area contributed by atoms with Crippen molar-refractivity contribution in [2.45, 2.75) is 19.0 Å². The average molecular weight is 516 g/mol. The highest BCUT2D eigenvalue weighted by Gasteiger charge is 2.43. The number of hydrogen-bond donors (Lipinski definition) is 2. The Kier molecular flexibility index (Phi) is 6.54. The maximum absolute atomic E-state index is 11.4. The summed E-state index contributed by atoms with van der Waals surface area (Å²) in [6.45, 7) is 1.86. The minimum absolute atomic E-state index is 0.228. The van der Waals surface area contributed by atoms with E-state index in [9.17, 15) is 9.90 Å². The maximum Gasteiger partial charge on any atom is 0.335 e. The molecule has 1 saturated heterocycles. The third-order valence-corrected chi connectivity index (χ3v) is 6.72. The van der Waals surface area contributed by atoms with Gasteiger partial charge < -0.3 is 29.2 Å². The molecule has 0 radical (unpaired) electrons. The number of pyridine rings is 1. The molecule has 0 saturated carbocycles. The van der Waals surface area contributed by atoms with Crippen molar-refractivity contribution in [1.29, 1.82) is 0 Å². The van der Waals surface area contributed by atoms with E-state index in [1.165, 1.54) is 0 Å². The second-order valence-corrected chi connectivity index (χ2v) is 8.96. The zero-order valence-corrected chi connectivity index (χ0v) is 21.3. The van der Waals surface area contributed by atoms with Crippen LogP contribution in [0.25, 0.3) is 11.3 Å². The molecule has 9 heteroatoms. The van der Waals surface area contributed by atoms with Crippen LogP contribution in [0.4, 0.5) is 5.69 Å². The van der Waals surface area contributed by atoms with Gasteiger partial charge in [-0.15, -0.1) is 0 Å². The zero-order chi connectivity index (χ0) is 26.1. The van der Waals surface area contributed by atoms with E-state index in [-0.39, 0.29) is 17.6 Å². The number of benzene rings is 2. The summed E-state index contributed by atoms with van der Waals surface area (Å²) in [4.78, 5) is 17.9. The molecule has 3 heterocycles. The van der Waals surface area contributed by atoms with Crippen LogP contribution in [-0.2, 0) is 0 Å². The molecule has 37 heavy (non-hydrogen) atoms. The van der Waals surface area contributed by atoms with Gasteiger partial charge in [0, 0.05) is 17.8 Å². The van der Waals surface area contributed by atoms with E-state index >= 15 is 0 Å². The topological polar surface area (TPSA) is 97.1 Å². The molecule has 0 spiro atoms. The lowest BCUT2D eigenvalue weighted by Gasteiger charge is -2.27. The number of aromatic carboxylic acids is 1. The van der Waals surface area contributed by atoms with Crippen molar-refractivity contribution >= 4 is 29.0 Å². The number of nitrogens with zero attached hydrogens (tertiary/aromatic N) is 2. The fourth-order valence-electron chi connectivity index (χ4n) is 4.62. The smallest absolute Gasteiger partial charge is 0.335 e. The molecule has 1 aliphatic heterocycles. The summed E-state index contributed by atoms with van der Waals surface area (Å²) in [7, 11) is 3.20. The van der Waals surface area contributed by atoms with Gasteiger partial charge in [0.05, 0.1) is 37.2 Å².